The van der Waals surface area contributed by atoms with Crippen LogP contribution in [0, 0.1) is 36.0 Å². The monoisotopic (exact) mass is 341 g/mol. The van der Waals surface area contributed by atoms with E-state index in [1.54, 1.807) is 0 Å². The van der Waals surface area contributed by atoms with E-state index in [0.29, 0.717) is 0 Å². The van der Waals surface area contributed by atoms with Gasteiger partial charge in [-0.05, 0) is 6.92 Å². The smallest absolute Gasteiger partial charge is 0.265 e. The average Bonchev–Trinajstić information content (AvgIpc) is 2.79. The molecule has 0 amide bonds. The van der Waals surface area contributed by atoms with Crippen molar-refractivity contribution in [2.75, 3.05) is 4.72 Å². The van der Waals surface area contributed by atoms with Crippen LogP contribution in [0.5, 0.6) is 0 Å². The van der Waals surface area contributed by atoms with Crippen LogP contribution in [0.4, 0.5) is 27.6 Å². The number of nitrogens with one attached hydrogen (secondary N) is 1. The van der Waals surface area contributed by atoms with Crippen molar-refractivity contribution in [3.8, 4) is 0 Å². The molecule has 0 unspecified atom stereocenters. The molecule has 0 bridgehead atoms. The molecule has 0 radical (unpaired) electrons. The van der Waals surface area contributed by atoms with Crippen molar-refractivity contribution in [1.29, 1.82) is 0 Å². The van der Waals surface area contributed by atoms with Crippen molar-refractivity contribution in [1.82, 2.24) is 9.78 Å². The topological polar surface area (TPSA) is 64.0 Å². The van der Waals surface area contributed by atoms with Gasteiger partial charge in [-0.25, -0.2) is 30.4 Å². The number of sulfonamides is 1. The van der Waals surface area contributed by atoms with Crippen LogP contribution < -0.4 is 4.72 Å². The highest BCUT2D eigenvalue weighted by Gasteiger charge is 2.30. The molecule has 0 aliphatic rings. The molecule has 120 valence electrons. The number of nitrogens with zero attached hydrogens (tertiary/aromatic N) is 2. The normalized spacial score (nSPS) is 11.8. The minimum absolute atomic E-state index is 0.0149. The number of hydrogen-bond acceptors (Lipinski definition) is 3. The Morgan fingerprint density at radius 3 is 1.86 bits per heavy atom. The highest BCUT2D eigenvalue weighted by molar-refractivity contribution is 7.92. The number of halogens is 5. The maximum Gasteiger partial charge on any atom is 0.265 e. The molecular weight excluding hydrogens is 333 g/mol. The highest BCUT2D eigenvalue weighted by Crippen LogP contribution is 2.29. The van der Waals surface area contributed by atoms with E-state index in [0.717, 1.165) is 10.9 Å². The first-order chi connectivity index (χ1) is 10.1. The standard InChI is InChI=1S/C11H8F5N3O2S/c1-4-5(3-19(2)17-4)22(20,21)18-11-9(15)7(13)6(12)8(14)10(11)16/h3,18H,1-2H3. The van der Waals surface area contributed by atoms with Crippen LogP contribution in [-0.2, 0) is 17.1 Å². The van der Waals surface area contributed by atoms with Gasteiger partial charge in [0.2, 0.25) is 5.82 Å². The number of rotatable bonds is 3. The molecule has 22 heavy (non-hydrogen) atoms. The summed E-state index contributed by atoms with van der Waals surface area (Å²) in [6.45, 7) is 1.30. The number of benzene rings is 1. The van der Waals surface area contributed by atoms with E-state index in [1.165, 1.54) is 18.7 Å². The fraction of sp³-hybridized carbons (Fsp3) is 0.182. The lowest BCUT2D eigenvalue weighted by Crippen LogP contribution is -2.18. The van der Waals surface area contributed by atoms with E-state index in [4.69, 9.17) is 0 Å². The Bertz CT molecular complexity index is 834. The van der Waals surface area contributed by atoms with E-state index < -0.39 is 49.7 Å². The van der Waals surface area contributed by atoms with Gasteiger partial charge in [0, 0.05) is 13.2 Å². The van der Waals surface area contributed by atoms with Crippen LogP contribution in [0.25, 0.3) is 0 Å². The number of anilines is 1. The maximum atomic E-state index is 13.5. The van der Waals surface area contributed by atoms with Crippen molar-refractivity contribution in [3.05, 3.63) is 41.0 Å². The van der Waals surface area contributed by atoms with Crippen molar-refractivity contribution in [3.63, 3.8) is 0 Å². The first-order valence-electron chi connectivity index (χ1n) is 5.60. The lowest BCUT2D eigenvalue weighted by atomic mass is 10.2. The van der Waals surface area contributed by atoms with E-state index in [9.17, 15) is 30.4 Å². The van der Waals surface area contributed by atoms with Gasteiger partial charge in [0.15, 0.2) is 23.3 Å². The Balaban J connectivity index is 2.58. The summed E-state index contributed by atoms with van der Waals surface area (Å²) < 4.78 is 92.5. The minimum Gasteiger partial charge on any atom is -0.274 e. The van der Waals surface area contributed by atoms with Crippen LogP contribution in [0.1, 0.15) is 5.69 Å². The molecule has 2 aromatic rings. The molecule has 0 spiro atoms. The molecule has 0 aliphatic heterocycles. The van der Waals surface area contributed by atoms with Gasteiger partial charge >= 0.3 is 0 Å². The molecular formula is C11H8F5N3O2S. The molecule has 5 nitrogen and oxygen atoms in total. The van der Waals surface area contributed by atoms with Gasteiger partial charge in [0.05, 0.1) is 5.69 Å². The minimum atomic E-state index is -4.58. The Hall–Kier alpha value is -2.17. The lowest BCUT2D eigenvalue weighted by Gasteiger charge is -2.10. The van der Waals surface area contributed by atoms with Crippen molar-refractivity contribution < 1.29 is 30.4 Å². The Morgan fingerprint density at radius 1 is 1.00 bits per heavy atom. The molecule has 0 atom stereocenters. The van der Waals surface area contributed by atoms with E-state index >= 15 is 0 Å². The second kappa shape index (κ2) is 5.23. The molecule has 0 fully saturated rings. The maximum absolute atomic E-state index is 13.5. The van der Waals surface area contributed by atoms with Gasteiger partial charge in [-0.1, -0.05) is 0 Å². The van der Waals surface area contributed by atoms with Crippen molar-refractivity contribution in [2.45, 2.75) is 11.8 Å². The molecule has 0 saturated heterocycles. The van der Waals surface area contributed by atoms with Gasteiger partial charge in [-0.3, -0.25) is 9.40 Å². The second-order valence-corrected chi connectivity index (χ2v) is 5.95. The van der Waals surface area contributed by atoms with Crippen LogP contribution in [-0.4, -0.2) is 18.2 Å². The number of aromatic nitrogens is 2. The predicted octanol–water partition coefficient (Wildman–Crippen LogP) is 2.22. The third kappa shape index (κ3) is 2.51. The highest BCUT2D eigenvalue weighted by atomic mass is 32.2. The fourth-order valence-corrected chi connectivity index (χ4v) is 3.00. The lowest BCUT2D eigenvalue weighted by molar-refractivity contribution is 0.382. The first-order valence-corrected chi connectivity index (χ1v) is 7.09. The summed E-state index contributed by atoms with van der Waals surface area (Å²) in [5.41, 5.74) is -1.67. The molecule has 0 aliphatic carbocycles. The van der Waals surface area contributed by atoms with Crippen LogP contribution >= 0.6 is 0 Å². The molecule has 1 aromatic heterocycles. The zero-order valence-corrected chi connectivity index (χ0v) is 11.9. The first kappa shape index (κ1) is 16.2. The molecule has 2 rings (SSSR count). The molecule has 1 aromatic carbocycles. The number of hydrogen-bond donors (Lipinski definition) is 1. The van der Waals surface area contributed by atoms with Gasteiger partial charge in [0.25, 0.3) is 10.0 Å². The Kier molecular flexibility index (Phi) is 3.85. The van der Waals surface area contributed by atoms with E-state index in [2.05, 4.69) is 5.10 Å². The van der Waals surface area contributed by atoms with Gasteiger partial charge in [0.1, 0.15) is 10.6 Å². The van der Waals surface area contributed by atoms with Gasteiger partial charge < -0.3 is 0 Å². The number of aryl methyl sites for hydroxylation is 2. The Morgan fingerprint density at radius 2 is 1.45 bits per heavy atom. The summed E-state index contributed by atoms with van der Waals surface area (Å²) in [6, 6.07) is 0. The van der Waals surface area contributed by atoms with Crippen LogP contribution in [0.3, 0.4) is 0 Å². The summed E-state index contributed by atoms with van der Waals surface area (Å²) in [5.74, 6) is -11.4. The van der Waals surface area contributed by atoms with Gasteiger partial charge in [-0.2, -0.15) is 5.10 Å². The van der Waals surface area contributed by atoms with Crippen LogP contribution in [0.15, 0.2) is 11.1 Å². The summed E-state index contributed by atoms with van der Waals surface area (Å²) in [5, 5.41) is 3.71. The van der Waals surface area contributed by atoms with E-state index in [-0.39, 0.29) is 5.69 Å². The largest absolute Gasteiger partial charge is 0.274 e. The second-order valence-electron chi connectivity index (χ2n) is 4.30. The summed E-state index contributed by atoms with van der Waals surface area (Å²) in [6.07, 6.45) is 1.02. The molecule has 1 N–H and O–H groups in total. The molecule has 11 heteroatoms. The predicted molar refractivity (Wildman–Crippen MR) is 65.0 cm³/mol. The SMILES string of the molecule is Cc1nn(C)cc1S(=O)(=O)Nc1c(F)c(F)c(F)c(F)c1F. The van der Waals surface area contributed by atoms with Crippen molar-refractivity contribution in [2.24, 2.45) is 7.05 Å². The molecule has 1 heterocycles. The third-order valence-corrected chi connectivity index (χ3v) is 4.16. The van der Waals surface area contributed by atoms with E-state index in [1.807, 2.05) is 0 Å². The summed E-state index contributed by atoms with van der Waals surface area (Å²) in [7, 11) is -3.19. The summed E-state index contributed by atoms with van der Waals surface area (Å²) >= 11 is 0. The van der Waals surface area contributed by atoms with Gasteiger partial charge in [-0.15, -0.1) is 0 Å². The zero-order chi connectivity index (χ0) is 16.8. The third-order valence-electron chi connectivity index (χ3n) is 2.70. The Labute approximate surface area is 121 Å². The molecule has 0 saturated carbocycles. The zero-order valence-electron chi connectivity index (χ0n) is 11.1. The quantitative estimate of drug-likeness (QED) is 0.529. The summed E-state index contributed by atoms with van der Waals surface area (Å²) in [4.78, 5) is -0.459. The van der Waals surface area contributed by atoms with Crippen LogP contribution in [0.2, 0.25) is 0 Å². The fourth-order valence-electron chi connectivity index (χ4n) is 1.73. The van der Waals surface area contributed by atoms with Crippen molar-refractivity contribution >= 4 is 15.7 Å². The average molecular weight is 341 g/mol.